The van der Waals surface area contributed by atoms with E-state index in [1.54, 1.807) is 37.2 Å². The molecule has 0 aliphatic carbocycles. The third-order valence-electron chi connectivity index (χ3n) is 2.81. The van der Waals surface area contributed by atoms with Crippen LogP contribution in [0.1, 0.15) is 18.5 Å². The predicted molar refractivity (Wildman–Crippen MR) is 72.7 cm³/mol. The van der Waals surface area contributed by atoms with Crippen molar-refractivity contribution in [2.24, 2.45) is 0 Å². The quantitative estimate of drug-likeness (QED) is 0.895. The van der Waals surface area contributed by atoms with Gasteiger partial charge in [-0.05, 0) is 30.7 Å². The molecule has 1 amide bonds. The molecule has 1 unspecified atom stereocenters. The lowest BCUT2D eigenvalue weighted by Gasteiger charge is -2.13. The van der Waals surface area contributed by atoms with Crippen molar-refractivity contribution in [1.82, 2.24) is 9.78 Å². The number of rotatable bonds is 5. The van der Waals surface area contributed by atoms with Crippen LogP contribution in [0.4, 0.5) is 5.69 Å². The molecular formula is C14H17N3O2. The molecule has 0 fully saturated rings. The third kappa shape index (κ3) is 3.42. The molecule has 2 aromatic rings. The minimum atomic E-state index is -0.346. The van der Waals surface area contributed by atoms with Crippen LogP contribution in [-0.2, 0) is 16.1 Å². The Morgan fingerprint density at radius 3 is 3.00 bits per heavy atom. The zero-order valence-corrected chi connectivity index (χ0v) is 11.0. The average molecular weight is 259 g/mol. The van der Waals surface area contributed by atoms with Crippen molar-refractivity contribution in [2.45, 2.75) is 19.6 Å². The van der Waals surface area contributed by atoms with E-state index in [9.17, 15) is 4.79 Å². The summed E-state index contributed by atoms with van der Waals surface area (Å²) in [5, 5.41) is 6.94. The Hall–Kier alpha value is -2.14. The third-order valence-corrected chi connectivity index (χ3v) is 2.81. The second-order valence-electron chi connectivity index (χ2n) is 4.28. The first-order chi connectivity index (χ1) is 9.20. The number of anilines is 1. The minimum absolute atomic E-state index is 0.0988. The van der Waals surface area contributed by atoms with Gasteiger partial charge < -0.3 is 10.1 Å². The van der Waals surface area contributed by atoms with Gasteiger partial charge in [-0.25, -0.2) is 0 Å². The van der Waals surface area contributed by atoms with Gasteiger partial charge in [0.25, 0.3) is 0 Å². The highest BCUT2D eigenvalue weighted by molar-refractivity contribution is 5.93. The summed E-state index contributed by atoms with van der Waals surface area (Å²) in [6.45, 7) is 2.33. The number of nitrogens with one attached hydrogen (secondary N) is 1. The van der Waals surface area contributed by atoms with E-state index in [-0.39, 0.29) is 11.9 Å². The van der Waals surface area contributed by atoms with Gasteiger partial charge in [-0.2, -0.15) is 5.10 Å². The molecule has 1 aromatic carbocycles. The van der Waals surface area contributed by atoms with Crippen molar-refractivity contribution < 1.29 is 9.53 Å². The van der Waals surface area contributed by atoms with Crippen molar-refractivity contribution >= 4 is 11.6 Å². The fraction of sp³-hybridized carbons (Fsp3) is 0.286. The predicted octanol–water partition coefficient (Wildman–Crippen LogP) is 2.23. The lowest BCUT2D eigenvalue weighted by Crippen LogP contribution is -2.24. The molecule has 2 rings (SSSR count). The zero-order valence-electron chi connectivity index (χ0n) is 11.0. The van der Waals surface area contributed by atoms with Crippen LogP contribution in [0.3, 0.4) is 0 Å². The summed E-state index contributed by atoms with van der Waals surface area (Å²) in [5.41, 5.74) is 1.78. The molecule has 1 atom stereocenters. The first-order valence-electron chi connectivity index (χ1n) is 6.08. The number of benzene rings is 1. The summed E-state index contributed by atoms with van der Waals surface area (Å²) in [6.07, 6.45) is 3.43. The fourth-order valence-electron chi connectivity index (χ4n) is 1.78. The lowest BCUT2D eigenvalue weighted by atomic mass is 10.2. The van der Waals surface area contributed by atoms with Crippen LogP contribution in [0.15, 0.2) is 42.7 Å². The topological polar surface area (TPSA) is 56.1 Å². The fourth-order valence-corrected chi connectivity index (χ4v) is 1.78. The van der Waals surface area contributed by atoms with E-state index in [1.807, 2.05) is 24.3 Å². The number of nitrogens with zero attached hydrogens (tertiary/aromatic N) is 2. The molecule has 0 aliphatic heterocycles. The van der Waals surface area contributed by atoms with Gasteiger partial charge in [0.05, 0.1) is 6.61 Å². The van der Waals surface area contributed by atoms with Gasteiger partial charge >= 0.3 is 0 Å². The van der Waals surface area contributed by atoms with E-state index < -0.39 is 0 Å². The summed E-state index contributed by atoms with van der Waals surface area (Å²) in [7, 11) is 1.64. The molecule has 0 saturated heterocycles. The number of carbonyl (C=O) groups excluding carboxylic acids is 1. The second-order valence-corrected chi connectivity index (χ2v) is 4.28. The largest absolute Gasteiger partial charge is 0.380 e. The number of methoxy groups -OCH3 is 1. The number of hydrogen-bond acceptors (Lipinski definition) is 3. The van der Waals surface area contributed by atoms with E-state index in [2.05, 4.69) is 10.4 Å². The van der Waals surface area contributed by atoms with E-state index in [4.69, 9.17) is 4.74 Å². The monoisotopic (exact) mass is 259 g/mol. The Labute approximate surface area is 112 Å². The SMILES string of the molecule is COCc1cccc(NC(=O)C(C)n2cccn2)c1. The molecule has 0 aliphatic rings. The molecule has 0 saturated carbocycles. The number of ether oxygens (including phenoxy) is 1. The highest BCUT2D eigenvalue weighted by Gasteiger charge is 2.14. The molecule has 5 nitrogen and oxygen atoms in total. The number of carbonyl (C=O) groups is 1. The molecule has 5 heteroatoms. The Morgan fingerprint density at radius 2 is 2.32 bits per heavy atom. The van der Waals surface area contributed by atoms with Crippen molar-refractivity contribution in [1.29, 1.82) is 0 Å². The van der Waals surface area contributed by atoms with Crippen LogP contribution >= 0.6 is 0 Å². The van der Waals surface area contributed by atoms with Gasteiger partial charge in [0.1, 0.15) is 6.04 Å². The first-order valence-corrected chi connectivity index (χ1v) is 6.08. The van der Waals surface area contributed by atoms with Crippen molar-refractivity contribution in [2.75, 3.05) is 12.4 Å². The summed E-state index contributed by atoms with van der Waals surface area (Å²) in [4.78, 5) is 12.1. The maximum atomic E-state index is 12.1. The van der Waals surface area contributed by atoms with Crippen LogP contribution < -0.4 is 5.32 Å². The summed E-state index contributed by atoms with van der Waals surface area (Å²) in [5.74, 6) is -0.0988. The second kappa shape index (κ2) is 6.15. The van der Waals surface area contributed by atoms with Gasteiger partial charge in [-0.1, -0.05) is 12.1 Å². The van der Waals surface area contributed by atoms with E-state index in [1.165, 1.54) is 0 Å². The van der Waals surface area contributed by atoms with Gasteiger partial charge in [0.15, 0.2) is 0 Å². The van der Waals surface area contributed by atoms with Crippen LogP contribution in [0, 0.1) is 0 Å². The standard InChI is InChI=1S/C14H17N3O2/c1-11(17-8-4-7-15-17)14(18)16-13-6-3-5-12(9-13)10-19-2/h3-9,11H,10H2,1-2H3,(H,16,18). The van der Waals surface area contributed by atoms with Crippen LogP contribution in [-0.4, -0.2) is 22.8 Å². The molecular weight excluding hydrogens is 242 g/mol. The van der Waals surface area contributed by atoms with Crippen molar-refractivity contribution in [3.8, 4) is 0 Å². The lowest BCUT2D eigenvalue weighted by molar-refractivity contribution is -0.119. The van der Waals surface area contributed by atoms with Crippen LogP contribution in [0.5, 0.6) is 0 Å². The molecule has 0 spiro atoms. The van der Waals surface area contributed by atoms with Crippen molar-refractivity contribution in [3.63, 3.8) is 0 Å². The Kier molecular flexibility index (Phi) is 4.30. The van der Waals surface area contributed by atoms with E-state index in [0.29, 0.717) is 6.61 Å². The highest BCUT2D eigenvalue weighted by Crippen LogP contribution is 2.14. The molecule has 100 valence electrons. The Balaban J connectivity index is 2.04. The summed E-state index contributed by atoms with van der Waals surface area (Å²) >= 11 is 0. The molecule has 0 bridgehead atoms. The summed E-state index contributed by atoms with van der Waals surface area (Å²) in [6, 6.07) is 9.05. The maximum absolute atomic E-state index is 12.1. The normalized spacial score (nSPS) is 12.1. The average Bonchev–Trinajstić information content (AvgIpc) is 2.92. The molecule has 1 aromatic heterocycles. The zero-order chi connectivity index (χ0) is 13.7. The van der Waals surface area contributed by atoms with Crippen LogP contribution in [0.25, 0.3) is 0 Å². The van der Waals surface area contributed by atoms with E-state index >= 15 is 0 Å². The summed E-state index contributed by atoms with van der Waals surface area (Å²) < 4.78 is 6.69. The first kappa shape index (κ1) is 13.3. The Morgan fingerprint density at radius 1 is 1.47 bits per heavy atom. The van der Waals surface area contributed by atoms with Gasteiger partial charge in [-0.3, -0.25) is 9.48 Å². The van der Waals surface area contributed by atoms with Crippen LogP contribution in [0.2, 0.25) is 0 Å². The smallest absolute Gasteiger partial charge is 0.248 e. The van der Waals surface area contributed by atoms with E-state index in [0.717, 1.165) is 11.3 Å². The molecule has 19 heavy (non-hydrogen) atoms. The number of hydrogen-bond donors (Lipinski definition) is 1. The minimum Gasteiger partial charge on any atom is -0.380 e. The molecule has 1 heterocycles. The molecule has 1 N–H and O–H groups in total. The number of aromatic nitrogens is 2. The van der Waals surface area contributed by atoms with Gasteiger partial charge in [-0.15, -0.1) is 0 Å². The maximum Gasteiger partial charge on any atom is 0.248 e. The number of amides is 1. The highest BCUT2D eigenvalue weighted by atomic mass is 16.5. The van der Waals surface area contributed by atoms with Crippen molar-refractivity contribution in [3.05, 3.63) is 48.3 Å². The van der Waals surface area contributed by atoms with Gasteiger partial charge in [0, 0.05) is 25.2 Å². The Bertz CT molecular complexity index is 537. The van der Waals surface area contributed by atoms with Gasteiger partial charge in [0.2, 0.25) is 5.91 Å². The molecule has 0 radical (unpaired) electrons.